The summed E-state index contributed by atoms with van der Waals surface area (Å²) in [4.78, 5) is 17.5. The summed E-state index contributed by atoms with van der Waals surface area (Å²) in [5, 5.41) is 0.806. The number of aromatic nitrogens is 1. The van der Waals surface area contributed by atoms with Crippen LogP contribution < -0.4 is 4.80 Å². The van der Waals surface area contributed by atoms with Gasteiger partial charge in [-0.3, -0.25) is 4.79 Å². The summed E-state index contributed by atoms with van der Waals surface area (Å²) < 4.78 is 3.17. The van der Waals surface area contributed by atoms with E-state index in [4.69, 9.17) is 23.2 Å². The molecule has 0 radical (unpaired) electrons. The molecule has 0 N–H and O–H groups in total. The van der Waals surface area contributed by atoms with Crippen molar-refractivity contribution in [3.05, 3.63) is 61.9 Å². The van der Waals surface area contributed by atoms with Gasteiger partial charge in [0.2, 0.25) is 0 Å². The fraction of sp³-hybridized carbons (Fsp3) is 0.222. The predicted octanol–water partition coefficient (Wildman–Crippen LogP) is 5.39. The van der Waals surface area contributed by atoms with E-state index in [0.29, 0.717) is 20.4 Å². The zero-order valence-electron chi connectivity index (χ0n) is 13.6. The molecule has 124 valence electrons. The van der Waals surface area contributed by atoms with Crippen molar-refractivity contribution in [3.8, 4) is 0 Å². The minimum atomic E-state index is -0.362. The molecule has 3 aromatic rings. The van der Waals surface area contributed by atoms with Crippen molar-refractivity contribution in [2.75, 3.05) is 0 Å². The molecule has 0 saturated heterocycles. The van der Waals surface area contributed by atoms with Gasteiger partial charge in [-0.05, 0) is 62.2 Å². The number of amides is 1. The van der Waals surface area contributed by atoms with Gasteiger partial charge in [0.15, 0.2) is 4.80 Å². The normalized spacial score (nSPS) is 12.1. The molecule has 0 saturated carbocycles. The van der Waals surface area contributed by atoms with Crippen LogP contribution in [0.1, 0.15) is 28.4 Å². The quantitative estimate of drug-likeness (QED) is 0.588. The number of rotatable bonds is 2. The van der Waals surface area contributed by atoms with Gasteiger partial charge >= 0.3 is 0 Å². The maximum atomic E-state index is 12.5. The van der Waals surface area contributed by atoms with Crippen LogP contribution in [0.25, 0.3) is 10.2 Å². The van der Waals surface area contributed by atoms with Crippen LogP contribution >= 0.6 is 34.5 Å². The van der Waals surface area contributed by atoms with Crippen molar-refractivity contribution in [1.29, 1.82) is 0 Å². The maximum absolute atomic E-state index is 12.5. The van der Waals surface area contributed by atoms with Gasteiger partial charge in [-0.15, -0.1) is 0 Å². The smallest absolute Gasteiger partial charge is 0.281 e. The Morgan fingerprint density at radius 1 is 1.17 bits per heavy atom. The number of aryl methyl sites for hydroxylation is 3. The molecule has 2 aromatic carbocycles. The van der Waals surface area contributed by atoms with Gasteiger partial charge in [-0.1, -0.05) is 34.5 Å². The first-order chi connectivity index (χ1) is 11.4. The number of hydrogen-bond donors (Lipinski definition) is 0. The van der Waals surface area contributed by atoms with Crippen LogP contribution in [0, 0.1) is 13.8 Å². The molecular formula is C18H16Cl2N2OS. The molecule has 24 heavy (non-hydrogen) atoms. The molecule has 3 nitrogen and oxygen atoms in total. The van der Waals surface area contributed by atoms with Crippen LogP contribution in [0.4, 0.5) is 0 Å². The molecule has 0 unspecified atom stereocenters. The number of fused-ring (bicyclic) bond motifs is 1. The highest BCUT2D eigenvalue weighted by Gasteiger charge is 2.12. The molecular weight excluding hydrogens is 363 g/mol. The number of carbonyl (C=O) groups excluding carboxylic acids is 1. The summed E-state index contributed by atoms with van der Waals surface area (Å²) in [6.45, 7) is 6.95. The molecule has 3 rings (SSSR count). The minimum absolute atomic E-state index is 0.312. The topological polar surface area (TPSA) is 34.4 Å². The molecule has 1 heterocycles. The first-order valence-electron chi connectivity index (χ1n) is 7.55. The fourth-order valence-corrected chi connectivity index (χ4v) is 4.18. The first kappa shape index (κ1) is 17.2. The second kappa shape index (κ2) is 6.71. The van der Waals surface area contributed by atoms with Crippen LogP contribution in [-0.4, -0.2) is 10.5 Å². The van der Waals surface area contributed by atoms with Gasteiger partial charge in [0.25, 0.3) is 5.91 Å². The van der Waals surface area contributed by atoms with E-state index in [1.54, 1.807) is 18.2 Å². The molecule has 0 spiro atoms. The number of benzene rings is 2. The Hall–Kier alpha value is -1.62. The monoisotopic (exact) mass is 378 g/mol. The molecule has 0 bridgehead atoms. The summed E-state index contributed by atoms with van der Waals surface area (Å²) in [5.74, 6) is -0.362. The highest BCUT2D eigenvalue weighted by molar-refractivity contribution is 7.16. The van der Waals surface area contributed by atoms with Crippen molar-refractivity contribution >= 4 is 50.7 Å². The molecule has 0 aliphatic carbocycles. The summed E-state index contributed by atoms with van der Waals surface area (Å²) in [6, 6.07) is 9.08. The van der Waals surface area contributed by atoms with Gasteiger partial charge in [0.05, 0.1) is 20.8 Å². The maximum Gasteiger partial charge on any atom is 0.281 e. The first-order valence-corrected chi connectivity index (χ1v) is 9.12. The van der Waals surface area contributed by atoms with E-state index in [9.17, 15) is 4.79 Å². The van der Waals surface area contributed by atoms with Crippen molar-refractivity contribution in [2.45, 2.75) is 27.3 Å². The number of halogens is 2. The average molecular weight is 379 g/mol. The Kier molecular flexibility index (Phi) is 4.81. The third kappa shape index (κ3) is 3.14. The van der Waals surface area contributed by atoms with Gasteiger partial charge in [-0.25, -0.2) is 0 Å². The van der Waals surface area contributed by atoms with Crippen LogP contribution in [0.2, 0.25) is 10.0 Å². The van der Waals surface area contributed by atoms with Crippen molar-refractivity contribution in [3.63, 3.8) is 0 Å². The van der Waals surface area contributed by atoms with E-state index in [2.05, 4.69) is 31.0 Å². The van der Waals surface area contributed by atoms with E-state index < -0.39 is 0 Å². The minimum Gasteiger partial charge on any atom is -0.317 e. The highest BCUT2D eigenvalue weighted by Crippen LogP contribution is 2.23. The third-order valence-electron chi connectivity index (χ3n) is 3.97. The van der Waals surface area contributed by atoms with Crippen molar-refractivity contribution in [2.24, 2.45) is 4.99 Å². The molecule has 0 aliphatic heterocycles. The number of hydrogen-bond acceptors (Lipinski definition) is 2. The van der Waals surface area contributed by atoms with E-state index in [1.165, 1.54) is 22.5 Å². The molecule has 0 aliphatic rings. The number of thiazole rings is 1. The van der Waals surface area contributed by atoms with Crippen LogP contribution in [0.3, 0.4) is 0 Å². The molecule has 1 amide bonds. The van der Waals surface area contributed by atoms with Gasteiger partial charge in [0, 0.05) is 11.6 Å². The lowest BCUT2D eigenvalue weighted by atomic mass is 10.1. The Bertz CT molecular complexity index is 1020. The largest absolute Gasteiger partial charge is 0.317 e. The number of carbonyl (C=O) groups is 1. The van der Waals surface area contributed by atoms with Gasteiger partial charge in [0.1, 0.15) is 0 Å². The summed E-state index contributed by atoms with van der Waals surface area (Å²) in [7, 11) is 0. The lowest BCUT2D eigenvalue weighted by Gasteiger charge is -2.03. The summed E-state index contributed by atoms with van der Waals surface area (Å²) >= 11 is 13.5. The Morgan fingerprint density at radius 3 is 2.54 bits per heavy atom. The number of nitrogens with zero attached hydrogens (tertiary/aromatic N) is 2. The van der Waals surface area contributed by atoms with E-state index in [0.717, 1.165) is 16.8 Å². The van der Waals surface area contributed by atoms with Crippen LogP contribution in [0.5, 0.6) is 0 Å². The lowest BCUT2D eigenvalue weighted by Crippen LogP contribution is -2.16. The summed E-state index contributed by atoms with van der Waals surface area (Å²) in [5.41, 5.74) is 3.90. The van der Waals surface area contributed by atoms with Crippen LogP contribution in [-0.2, 0) is 6.54 Å². The van der Waals surface area contributed by atoms with E-state index in [1.807, 2.05) is 11.5 Å². The van der Waals surface area contributed by atoms with Crippen LogP contribution in [0.15, 0.2) is 35.3 Å². The molecule has 0 fully saturated rings. The average Bonchev–Trinajstić information content (AvgIpc) is 2.83. The molecule has 1 aromatic heterocycles. The predicted molar refractivity (Wildman–Crippen MR) is 101 cm³/mol. The Morgan fingerprint density at radius 2 is 1.88 bits per heavy atom. The highest BCUT2D eigenvalue weighted by atomic mass is 35.5. The molecule has 6 heteroatoms. The third-order valence-corrected chi connectivity index (χ3v) is 5.56. The zero-order chi connectivity index (χ0) is 17.4. The Labute approximate surface area is 154 Å². The van der Waals surface area contributed by atoms with E-state index in [-0.39, 0.29) is 5.91 Å². The van der Waals surface area contributed by atoms with Crippen molar-refractivity contribution < 1.29 is 4.79 Å². The SMILES string of the molecule is CCn1c(=NC(=O)c2ccc(Cl)cc2Cl)sc2cc(C)c(C)cc21. The second-order valence-electron chi connectivity index (χ2n) is 5.57. The van der Waals surface area contributed by atoms with E-state index >= 15 is 0 Å². The standard InChI is InChI=1S/C18H16Cl2N2OS/c1-4-22-15-7-10(2)11(3)8-16(15)24-18(22)21-17(23)13-6-5-12(19)9-14(13)20/h5-9H,4H2,1-3H3. The van der Waals surface area contributed by atoms with Gasteiger partial charge in [-0.2, -0.15) is 4.99 Å². The lowest BCUT2D eigenvalue weighted by molar-refractivity contribution is 0.0998. The molecule has 0 atom stereocenters. The fourth-order valence-electron chi connectivity index (χ4n) is 2.52. The van der Waals surface area contributed by atoms with Crippen molar-refractivity contribution in [1.82, 2.24) is 4.57 Å². The Balaban J connectivity index is 2.17. The zero-order valence-corrected chi connectivity index (χ0v) is 15.9. The summed E-state index contributed by atoms with van der Waals surface area (Å²) in [6.07, 6.45) is 0. The van der Waals surface area contributed by atoms with Gasteiger partial charge < -0.3 is 4.57 Å². The second-order valence-corrected chi connectivity index (χ2v) is 7.43.